The summed E-state index contributed by atoms with van der Waals surface area (Å²) in [6, 6.07) is 15.3. The van der Waals surface area contributed by atoms with Crippen LogP contribution in [0.4, 0.5) is 11.4 Å². The first-order valence-electron chi connectivity index (χ1n) is 11.1. The van der Waals surface area contributed by atoms with Gasteiger partial charge in [0, 0.05) is 42.8 Å². The highest BCUT2D eigenvalue weighted by Gasteiger charge is 2.57. The largest absolute Gasteiger partial charge is 0.372 e. The highest BCUT2D eigenvalue weighted by atomic mass is 16.2. The fourth-order valence-corrected chi connectivity index (χ4v) is 5.07. The van der Waals surface area contributed by atoms with E-state index in [0.29, 0.717) is 6.42 Å². The van der Waals surface area contributed by atoms with Crippen molar-refractivity contribution in [2.45, 2.75) is 52.1 Å². The lowest BCUT2D eigenvalue weighted by Crippen LogP contribution is -2.68. The number of hydrogen-bond donors (Lipinski definition) is 1. The number of hydrogen-bond acceptors (Lipinski definition) is 3. The molecule has 2 aromatic rings. The van der Waals surface area contributed by atoms with Gasteiger partial charge in [-0.1, -0.05) is 49.8 Å². The number of amides is 1. The van der Waals surface area contributed by atoms with Gasteiger partial charge in [0.15, 0.2) is 0 Å². The molecule has 0 aromatic heterocycles. The quantitative estimate of drug-likeness (QED) is 0.774. The first-order valence-corrected chi connectivity index (χ1v) is 11.1. The molecule has 158 valence electrons. The van der Waals surface area contributed by atoms with Gasteiger partial charge in [0.05, 0.1) is 0 Å². The van der Waals surface area contributed by atoms with Crippen LogP contribution in [0.5, 0.6) is 0 Å². The normalized spacial score (nSPS) is 22.0. The monoisotopic (exact) mass is 403 g/mol. The van der Waals surface area contributed by atoms with E-state index in [0.717, 1.165) is 25.2 Å². The molecule has 4 rings (SSSR count). The molecule has 1 amide bonds. The van der Waals surface area contributed by atoms with Crippen molar-refractivity contribution >= 4 is 23.4 Å². The summed E-state index contributed by atoms with van der Waals surface area (Å²) in [5.74, 6) is 0.116. The summed E-state index contributed by atoms with van der Waals surface area (Å²) in [4.78, 5) is 17.3. The van der Waals surface area contributed by atoms with E-state index in [4.69, 9.17) is 0 Å². The van der Waals surface area contributed by atoms with Gasteiger partial charge >= 0.3 is 0 Å². The number of carbonyl (C=O) groups excluding carboxylic acids is 1. The van der Waals surface area contributed by atoms with Crippen molar-refractivity contribution in [3.63, 3.8) is 0 Å². The summed E-state index contributed by atoms with van der Waals surface area (Å²) in [6.07, 6.45) is 4.88. The van der Waals surface area contributed by atoms with Crippen LogP contribution in [0.1, 0.15) is 50.8 Å². The van der Waals surface area contributed by atoms with Crippen molar-refractivity contribution in [2.24, 2.45) is 0 Å². The summed E-state index contributed by atoms with van der Waals surface area (Å²) in [6.45, 7) is 13.7. The van der Waals surface area contributed by atoms with Gasteiger partial charge in [0.25, 0.3) is 0 Å². The first kappa shape index (κ1) is 20.5. The summed E-state index contributed by atoms with van der Waals surface area (Å²) in [5, 5.41) is 3.36. The molecule has 0 spiro atoms. The van der Waals surface area contributed by atoms with Gasteiger partial charge in [-0.2, -0.15) is 0 Å². The zero-order valence-corrected chi connectivity index (χ0v) is 18.8. The lowest BCUT2D eigenvalue weighted by atomic mass is 9.74. The van der Waals surface area contributed by atoms with Crippen molar-refractivity contribution in [3.8, 4) is 0 Å². The van der Waals surface area contributed by atoms with Crippen LogP contribution in [-0.4, -0.2) is 31.2 Å². The smallest absolute Gasteiger partial charge is 0.223 e. The maximum atomic E-state index is 12.5. The molecule has 1 N–H and O–H groups in total. The van der Waals surface area contributed by atoms with Crippen molar-refractivity contribution in [1.29, 1.82) is 0 Å². The summed E-state index contributed by atoms with van der Waals surface area (Å²) in [7, 11) is 0. The molecule has 0 radical (unpaired) electrons. The van der Waals surface area contributed by atoms with E-state index in [1.165, 1.54) is 22.5 Å². The van der Waals surface area contributed by atoms with E-state index in [-0.39, 0.29) is 11.3 Å². The van der Waals surface area contributed by atoms with E-state index in [2.05, 4.69) is 104 Å². The molecule has 1 atom stereocenters. The maximum absolute atomic E-state index is 12.5. The van der Waals surface area contributed by atoms with Crippen LogP contribution in [0.25, 0.3) is 6.08 Å². The van der Waals surface area contributed by atoms with Gasteiger partial charge in [-0.15, -0.1) is 0 Å². The van der Waals surface area contributed by atoms with Crippen molar-refractivity contribution in [3.05, 3.63) is 65.2 Å². The molecule has 2 heterocycles. The number of rotatable bonds is 5. The van der Waals surface area contributed by atoms with Crippen molar-refractivity contribution < 1.29 is 4.79 Å². The number of fused-ring (bicyclic) bond motifs is 3. The minimum atomic E-state index is -0.560. The standard InChI is InChI=1S/C26H33N3O/c1-6-28(7-2)21-11-9-20(10-12-21)14-16-26-25(4,5)22-18-19(3)8-13-23(22)29(26)17-15-24(30)27-26/h8-14,16,18H,6-7,15,17H2,1-5H3,(H,27,30)/b16-14-/t26-/m1/s1. The Kier molecular flexibility index (Phi) is 5.13. The van der Waals surface area contributed by atoms with Crippen LogP contribution in [0.15, 0.2) is 48.5 Å². The second kappa shape index (κ2) is 7.50. The molecule has 30 heavy (non-hydrogen) atoms. The van der Waals surface area contributed by atoms with Crippen LogP contribution >= 0.6 is 0 Å². The van der Waals surface area contributed by atoms with E-state index in [1.807, 2.05) is 0 Å². The molecule has 2 aliphatic rings. The summed E-state index contributed by atoms with van der Waals surface area (Å²) < 4.78 is 0. The van der Waals surface area contributed by atoms with Gasteiger partial charge in [-0.05, 0) is 56.2 Å². The molecule has 4 nitrogen and oxygen atoms in total. The number of anilines is 2. The number of benzene rings is 2. The molecule has 0 bridgehead atoms. The molecule has 1 fully saturated rings. The first-order chi connectivity index (χ1) is 14.3. The third kappa shape index (κ3) is 3.10. The van der Waals surface area contributed by atoms with E-state index < -0.39 is 5.66 Å². The van der Waals surface area contributed by atoms with Gasteiger partial charge < -0.3 is 15.1 Å². The minimum absolute atomic E-state index is 0.116. The third-order valence-corrected chi connectivity index (χ3v) is 6.93. The SMILES string of the molecule is CCN(CC)c1ccc(/C=C\[C@@]23NC(=O)CCN2c2ccc(C)cc2C3(C)C)cc1. The lowest BCUT2D eigenvalue weighted by Gasteiger charge is -2.49. The van der Waals surface area contributed by atoms with E-state index >= 15 is 0 Å². The highest BCUT2D eigenvalue weighted by molar-refractivity contribution is 5.84. The van der Waals surface area contributed by atoms with Gasteiger partial charge in [-0.3, -0.25) is 4.79 Å². The molecular weight excluding hydrogens is 370 g/mol. The second-order valence-corrected chi connectivity index (χ2v) is 8.96. The Morgan fingerprint density at radius 2 is 1.80 bits per heavy atom. The Hall–Kier alpha value is -2.75. The Labute approximate surface area is 180 Å². The average molecular weight is 404 g/mol. The summed E-state index contributed by atoms with van der Waals surface area (Å²) >= 11 is 0. The molecular formula is C26H33N3O. The zero-order chi connectivity index (χ0) is 21.5. The third-order valence-electron chi connectivity index (χ3n) is 6.93. The topological polar surface area (TPSA) is 35.6 Å². The molecule has 0 aliphatic carbocycles. The average Bonchev–Trinajstić information content (AvgIpc) is 2.92. The number of carbonyl (C=O) groups is 1. The van der Waals surface area contributed by atoms with Crippen LogP contribution < -0.4 is 15.1 Å². The number of aryl methyl sites for hydroxylation is 1. The second-order valence-electron chi connectivity index (χ2n) is 8.96. The molecule has 4 heteroatoms. The maximum Gasteiger partial charge on any atom is 0.223 e. The van der Waals surface area contributed by atoms with E-state index in [1.54, 1.807) is 0 Å². The summed E-state index contributed by atoms with van der Waals surface area (Å²) in [5.41, 5.74) is 5.35. The predicted molar refractivity (Wildman–Crippen MR) is 126 cm³/mol. The fourth-order valence-electron chi connectivity index (χ4n) is 5.07. The fraction of sp³-hybridized carbons (Fsp3) is 0.423. The Morgan fingerprint density at radius 3 is 2.47 bits per heavy atom. The van der Waals surface area contributed by atoms with Gasteiger partial charge in [-0.25, -0.2) is 0 Å². The van der Waals surface area contributed by atoms with Crippen LogP contribution in [0.2, 0.25) is 0 Å². The molecule has 2 aliphatic heterocycles. The van der Waals surface area contributed by atoms with Crippen molar-refractivity contribution in [1.82, 2.24) is 5.32 Å². The molecule has 1 saturated heterocycles. The zero-order valence-electron chi connectivity index (χ0n) is 18.8. The minimum Gasteiger partial charge on any atom is -0.372 e. The van der Waals surface area contributed by atoms with Crippen LogP contribution in [-0.2, 0) is 10.2 Å². The van der Waals surface area contributed by atoms with Gasteiger partial charge in [0.2, 0.25) is 5.91 Å². The van der Waals surface area contributed by atoms with Crippen LogP contribution in [0, 0.1) is 6.92 Å². The Balaban J connectivity index is 1.73. The van der Waals surface area contributed by atoms with E-state index in [9.17, 15) is 4.79 Å². The molecule has 0 saturated carbocycles. The highest BCUT2D eigenvalue weighted by Crippen LogP contribution is 2.52. The predicted octanol–water partition coefficient (Wildman–Crippen LogP) is 4.87. The van der Waals surface area contributed by atoms with Crippen LogP contribution in [0.3, 0.4) is 0 Å². The number of nitrogens with zero attached hydrogens (tertiary/aromatic N) is 2. The Morgan fingerprint density at radius 1 is 1.10 bits per heavy atom. The van der Waals surface area contributed by atoms with Crippen molar-refractivity contribution in [2.75, 3.05) is 29.4 Å². The molecule has 0 unspecified atom stereocenters. The van der Waals surface area contributed by atoms with Gasteiger partial charge in [0.1, 0.15) is 5.66 Å². The molecule has 2 aromatic carbocycles. The number of nitrogens with one attached hydrogen (secondary N) is 1. The lowest BCUT2D eigenvalue weighted by molar-refractivity contribution is -0.124. The Bertz CT molecular complexity index is 972.